The summed E-state index contributed by atoms with van der Waals surface area (Å²) in [5.74, 6) is -9.68. The van der Waals surface area contributed by atoms with Crippen molar-refractivity contribution in [1.82, 2.24) is 0 Å². The Morgan fingerprint density at radius 3 is 0.774 bits per heavy atom. The number of carbonyl (C=O) groups is 4. The molecule has 0 N–H and O–H groups in total. The van der Waals surface area contributed by atoms with Crippen molar-refractivity contribution < 1.29 is 38.1 Å². The minimum Gasteiger partial charge on any atom is -0.464 e. The minimum atomic E-state index is -1.89. The van der Waals surface area contributed by atoms with E-state index in [9.17, 15) is 40.2 Å². The Labute approximate surface area is 345 Å². The molecular weight excluding hydrogens is 948 g/mol. The molecule has 8 unspecified atom stereocenters. The van der Waals surface area contributed by atoms with Crippen molar-refractivity contribution in [3.8, 4) is 24.3 Å². The molecule has 0 bridgehead atoms. The number of allylic oxidation sites excluding steroid dienone is 4. The molecule has 0 saturated carbocycles. The zero-order valence-corrected chi connectivity index (χ0v) is 36.5. The minimum absolute atomic E-state index is 0.435. The topological polar surface area (TPSA) is 200 Å². The van der Waals surface area contributed by atoms with Gasteiger partial charge in [-0.3, -0.25) is 19.2 Å². The van der Waals surface area contributed by atoms with Crippen LogP contribution in [0, 0.1) is 74.4 Å². The third-order valence-electron chi connectivity index (χ3n) is 8.20. The molecule has 0 aromatic rings. The standard InChI is InChI=1S/C37H44Br4N4O8/c1-9-21(5)29(38)25(13-42)33(46)50-17-37(18-51-34(47)26(14-43)30(39)22(6)10-2,19-52-35(48)27(15-44)31(40)23(7)11-3)20-53-36(49)28(16-45)32(41)24(8)12-4/h25-32H,5-12,17-20H2,1-4H3. The number of halogens is 4. The first-order valence-electron chi connectivity index (χ1n) is 16.4. The lowest BCUT2D eigenvalue weighted by Crippen LogP contribution is -2.46. The Bertz CT molecular complexity index is 1330. The quantitative estimate of drug-likeness (QED) is 0.0397. The number of esters is 4. The lowest BCUT2D eigenvalue weighted by molar-refractivity contribution is -0.173. The number of nitrogens with zero attached hydrogens (tertiary/aromatic N) is 4. The van der Waals surface area contributed by atoms with Crippen molar-refractivity contribution in [2.24, 2.45) is 29.1 Å². The molecule has 0 rings (SSSR count). The maximum Gasteiger partial charge on any atom is 0.324 e. The lowest BCUT2D eigenvalue weighted by Gasteiger charge is -2.33. The zero-order valence-electron chi connectivity index (χ0n) is 30.2. The van der Waals surface area contributed by atoms with Crippen LogP contribution in [0.2, 0.25) is 0 Å². The molecule has 16 heteroatoms. The second-order valence-electron chi connectivity index (χ2n) is 12.0. The highest BCUT2D eigenvalue weighted by Gasteiger charge is 2.43. The van der Waals surface area contributed by atoms with E-state index in [0.29, 0.717) is 48.0 Å². The van der Waals surface area contributed by atoms with E-state index in [-0.39, 0.29) is 0 Å². The molecule has 0 amide bonds. The van der Waals surface area contributed by atoms with Crippen LogP contribution in [-0.4, -0.2) is 69.6 Å². The Morgan fingerprint density at radius 1 is 0.472 bits per heavy atom. The van der Waals surface area contributed by atoms with Gasteiger partial charge in [0, 0.05) is 0 Å². The SMILES string of the molecule is C=C(CC)C(Br)C(C#N)C(=O)OCC(COC(=O)C(C#N)C(Br)C(=C)CC)(COC(=O)C(C#N)C(Br)C(=C)CC)COC(=O)C(C#N)C(Br)C(=C)CC. The van der Waals surface area contributed by atoms with Crippen molar-refractivity contribution >= 4 is 87.6 Å². The van der Waals surface area contributed by atoms with Gasteiger partial charge in [0.15, 0.2) is 23.7 Å². The summed E-state index contributed by atoms with van der Waals surface area (Å²) in [7, 11) is 0. The smallest absolute Gasteiger partial charge is 0.324 e. The van der Waals surface area contributed by atoms with Crippen molar-refractivity contribution in [2.75, 3.05) is 26.4 Å². The average molecular weight is 992 g/mol. The number of rotatable bonds is 24. The van der Waals surface area contributed by atoms with Gasteiger partial charge < -0.3 is 18.9 Å². The van der Waals surface area contributed by atoms with Crippen LogP contribution in [0.3, 0.4) is 0 Å². The number of alkyl halides is 4. The van der Waals surface area contributed by atoms with Crippen LogP contribution in [-0.2, 0) is 38.1 Å². The zero-order chi connectivity index (χ0) is 41.1. The maximum atomic E-state index is 13.3. The van der Waals surface area contributed by atoms with Crippen LogP contribution in [0.4, 0.5) is 0 Å². The fourth-order valence-corrected chi connectivity index (χ4v) is 6.81. The Morgan fingerprint density at radius 2 is 0.642 bits per heavy atom. The molecule has 12 nitrogen and oxygen atoms in total. The normalized spacial score (nSPS) is 16.2. The summed E-state index contributed by atoms with van der Waals surface area (Å²) >= 11 is 13.2. The van der Waals surface area contributed by atoms with Gasteiger partial charge in [0.1, 0.15) is 31.8 Å². The maximum absolute atomic E-state index is 13.3. The second-order valence-corrected chi connectivity index (χ2v) is 16.0. The number of nitriles is 4. The van der Waals surface area contributed by atoms with Crippen molar-refractivity contribution in [1.29, 1.82) is 21.0 Å². The molecule has 53 heavy (non-hydrogen) atoms. The molecule has 0 heterocycles. The van der Waals surface area contributed by atoms with E-state index in [1.165, 1.54) is 0 Å². The first-order chi connectivity index (χ1) is 24.9. The van der Waals surface area contributed by atoms with Crippen LogP contribution in [0.5, 0.6) is 0 Å². The van der Waals surface area contributed by atoms with Gasteiger partial charge in [-0.05, 0) is 25.7 Å². The van der Waals surface area contributed by atoms with E-state index in [2.05, 4.69) is 90.0 Å². The summed E-state index contributed by atoms with van der Waals surface area (Å²) in [6, 6.07) is 7.48. The Hall–Kier alpha value is -3.28. The third kappa shape index (κ3) is 14.8. The first kappa shape index (κ1) is 49.7. The van der Waals surface area contributed by atoms with E-state index >= 15 is 0 Å². The Kier molecular flexibility index (Phi) is 23.4. The molecule has 0 saturated heterocycles. The molecule has 0 aliphatic carbocycles. The summed E-state index contributed by atoms with van der Waals surface area (Å²) < 4.78 is 22.3. The van der Waals surface area contributed by atoms with Crippen molar-refractivity contribution in [3.63, 3.8) is 0 Å². The van der Waals surface area contributed by atoms with E-state index < -0.39 is 98.7 Å². The van der Waals surface area contributed by atoms with Gasteiger partial charge in [0.25, 0.3) is 0 Å². The first-order valence-corrected chi connectivity index (χ1v) is 20.1. The van der Waals surface area contributed by atoms with Crippen LogP contribution in [0.15, 0.2) is 48.6 Å². The number of ether oxygens (including phenoxy) is 4. The van der Waals surface area contributed by atoms with Gasteiger partial charge in [0.2, 0.25) is 0 Å². The molecule has 8 atom stereocenters. The van der Waals surface area contributed by atoms with Gasteiger partial charge in [-0.15, -0.1) is 0 Å². The van der Waals surface area contributed by atoms with Crippen LogP contribution < -0.4 is 0 Å². The highest BCUT2D eigenvalue weighted by Crippen LogP contribution is 2.31. The highest BCUT2D eigenvalue weighted by atomic mass is 79.9. The monoisotopic (exact) mass is 988 g/mol. The molecule has 0 spiro atoms. The summed E-state index contributed by atoms with van der Waals surface area (Å²) in [5.41, 5.74) is 0.212. The van der Waals surface area contributed by atoms with E-state index in [0.717, 1.165) is 0 Å². The average Bonchev–Trinajstić information content (AvgIpc) is 3.16. The Balaban J connectivity index is 7.11. The van der Waals surface area contributed by atoms with Gasteiger partial charge in [-0.2, -0.15) is 21.0 Å². The molecule has 0 aliphatic heterocycles. The largest absolute Gasteiger partial charge is 0.464 e. The molecule has 0 fully saturated rings. The molecule has 288 valence electrons. The number of carbonyl (C=O) groups excluding carboxylic acids is 4. The fourth-order valence-electron chi connectivity index (χ4n) is 4.18. The van der Waals surface area contributed by atoms with Gasteiger partial charge in [-0.25, -0.2) is 0 Å². The van der Waals surface area contributed by atoms with Crippen LogP contribution in [0.25, 0.3) is 0 Å². The predicted molar refractivity (Wildman–Crippen MR) is 211 cm³/mol. The molecule has 0 aromatic carbocycles. The van der Waals surface area contributed by atoms with Gasteiger partial charge >= 0.3 is 23.9 Å². The highest BCUT2D eigenvalue weighted by molar-refractivity contribution is 9.10. The lowest BCUT2D eigenvalue weighted by atomic mass is 9.91. The van der Waals surface area contributed by atoms with Gasteiger partial charge in [0.05, 0.1) is 43.6 Å². The molecular formula is C37H44Br4N4O8. The summed E-state index contributed by atoms with van der Waals surface area (Å²) in [6.07, 6.45) is 1.74. The summed E-state index contributed by atoms with van der Waals surface area (Å²) in [4.78, 5) is 50.1. The molecule has 0 radical (unpaired) electrons. The number of hydrogen-bond acceptors (Lipinski definition) is 12. The fraction of sp³-hybridized carbons (Fsp3) is 0.568. The van der Waals surface area contributed by atoms with E-state index in [4.69, 9.17) is 18.9 Å². The van der Waals surface area contributed by atoms with Crippen LogP contribution >= 0.6 is 63.7 Å². The molecule has 0 aliphatic rings. The van der Waals surface area contributed by atoms with Gasteiger partial charge in [-0.1, -0.05) is 140 Å². The summed E-state index contributed by atoms with van der Waals surface area (Å²) in [6.45, 7) is 19.5. The summed E-state index contributed by atoms with van der Waals surface area (Å²) in [5, 5.41) is 39.3. The van der Waals surface area contributed by atoms with E-state index in [1.54, 1.807) is 27.7 Å². The molecule has 0 aromatic heterocycles. The predicted octanol–water partition coefficient (Wildman–Crippen LogP) is 7.62. The van der Waals surface area contributed by atoms with Crippen molar-refractivity contribution in [3.05, 3.63) is 48.6 Å². The second kappa shape index (κ2) is 24.9. The third-order valence-corrected chi connectivity index (χ3v) is 12.9. The number of hydrogen-bond donors (Lipinski definition) is 0. The van der Waals surface area contributed by atoms with E-state index in [1.807, 2.05) is 24.3 Å². The van der Waals surface area contributed by atoms with Crippen LogP contribution in [0.1, 0.15) is 53.4 Å². The van der Waals surface area contributed by atoms with Crippen molar-refractivity contribution in [2.45, 2.75) is 72.7 Å².